The maximum Gasteiger partial charge on any atom is 0.362 e. The average Bonchev–Trinajstić information content (AvgIpc) is 2.61. The van der Waals surface area contributed by atoms with Gasteiger partial charge in [0.05, 0.1) is 12.2 Å². The lowest BCUT2D eigenvalue weighted by Gasteiger charge is -2.11. The van der Waals surface area contributed by atoms with Gasteiger partial charge in [-0.25, -0.2) is 9.59 Å². The molecule has 0 bridgehead atoms. The van der Waals surface area contributed by atoms with Crippen molar-refractivity contribution in [2.45, 2.75) is 13.5 Å². The Balaban J connectivity index is 2.21. The normalized spacial score (nSPS) is 10.6. The monoisotopic (exact) mass is 337 g/mol. The Labute approximate surface area is 142 Å². The number of rotatable bonds is 4. The molecule has 1 aromatic heterocycles. The highest BCUT2D eigenvalue weighted by Crippen LogP contribution is 2.05. The highest BCUT2D eigenvalue weighted by molar-refractivity contribution is 5.84. The van der Waals surface area contributed by atoms with Crippen LogP contribution in [-0.2, 0) is 6.54 Å². The summed E-state index contributed by atoms with van der Waals surface area (Å²) in [5.74, 6) is -1.48. The molecule has 0 fully saturated rings. The van der Waals surface area contributed by atoms with Crippen molar-refractivity contribution in [2.24, 2.45) is 0 Å². The van der Waals surface area contributed by atoms with Crippen LogP contribution < -0.4 is 11.2 Å². The molecule has 2 aromatic carbocycles. The molecule has 0 saturated heterocycles. The highest BCUT2D eigenvalue weighted by atomic mass is 16.4. The minimum atomic E-state index is -1.48. The molecule has 25 heavy (non-hydrogen) atoms. The van der Waals surface area contributed by atoms with Gasteiger partial charge in [0.25, 0.3) is 5.56 Å². The average molecular weight is 337 g/mol. The zero-order valence-corrected chi connectivity index (χ0v) is 13.4. The Morgan fingerprint density at radius 3 is 2.28 bits per heavy atom. The number of carboxylic acid groups (broad SMARTS) is 1. The summed E-state index contributed by atoms with van der Waals surface area (Å²) in [5.41, 5.74) is -0.180. The Bertz CT molecular complexity index is 1030. The first kappa shape index (κ1) is 16.4. The molecule has 3 aromatic rings. The second-order valence-electron chi connectivity index (χ2n) is 5.56. The van der Waals surface area contributed by atoms with Crippen LogP contribution in [0.1, 0.15) is 21.6 Å². The molecule has 7 heteroatoms. The van der Waals surface area contributed by atoms with E-state index in [-0.39, 0.29) is 6.54 Å². The van der Waals surface area contributed by atoms with E-state index in [2.05, 4.69) is 5.10 Å². The topological polar surface area (TPSA) is 94.2 Å². The first-order chi connectivity index (χ1) is 12.0. The molecule has 1 N–H and O–H groups in total. The number of para-hydroxylation sites is 1. The number of hydrogen-bond donors (Lipinski definition) is 1. The van der Waals surface area contributed by atoms with Crippen LogP contribution in [0.5, 0.6) is 0 Å². The van der Waals surface area contributed by atoms with Gasteiger partial charge in [-0.15, -0.1) is 0 Å². The van der Waals surface area contributed by atoms with Crippen LogP contribution in [0.25, 0.3) is 5.69 Å². The molecule has 0 radical (unpaired) electrons. The van der Waals surface area contributed by atoms with Gasteiger partial charge in [0.1, 0.15) is 0 Å². The molecule has 126 valence electrons. The third kappa shape index (κ3) is 3.25. The summed E-state index contributed by atoms with van der Waals surface area (Å²) in [6, 6.07) is 15.7. The van der Waals surface area contributed by atoms with Crippen LogP contribution in [0, 0.1) is 6.92 Å². The van der Waals surface area contributed by atoms with Gasteiger partial charge >= 0.3 is 11.7 Å². The Kier molecular flexibility index (Phi) is 4.30. The van der Waals surface area contributed by atoms with Gasteiger partial charge in [0.2, 0.25) is 5.69 Å². The second kappa shape index (κ2) is 6.56. The number of benzene rings is 2. The molecule has 0 aliphatic heterocycles. The fraction of sp³-hybridized carbons (Fsp3) is 0.111. The molecule has 0 unspecified atom stereocenters. The van der Waals surface area contributed by atoms with Gasteiger partial charge in [-0.1, -0.05) is 48.0 Å². The van der Waals surface area contributed by atoms with Crippen molar-refractivity contribution >= 4 is 5.97 Å². The van der Waals surface area contributed by atoms with Gasteiger partial charge < -0.3 is 5.11 Å². The molecule has 0 saturated carbocycles. The van der Waals surface area contributed by atoms with Crippen molar-refractivity contribution in [2.75, 3.05) is 0 Å². The van der Waals surface area contributed by atoms with E-state index in [0.29, 0.717) is 11.3 Å². The minimum absolute atomic E-state index is 0.0341. The van der Waals surface area contributed by atoms with E-state index in [4.69, 9.17) is 0 Å². The Morgan fingerprint density at radius 2 is 1.68 bits per heavy atom. The van der Waals surface area contributed by atoms with E-state index >= 15 is 0 Å². The van der Waals surface area contributed by atoms with E-state index < -0.39 is 22.9 Å². The van der Waals surface area contributed by atoms with Gasteiger partial charge in [0.15, 0.2) is 0 Å². The smallest absolute Gasteiger partial charge is 0.362 e. The third-order valence-corrected chi connectivity index (χ3v) is 3.72. The fourth-order valence-corrected chi connectivity index (χ4v) is 2.40. The summed E-state index contributed by atoms with van der Waals surface area (Å²) in [4.78, 5) is 36.5. The summed E-state index contributed by atoms with van der Waals surface area (Å²) < 4.78 is 1.81. The largest absolute Gasteiger partial charge is 0.476 e. The van der Waals surface area contributed by atoms with Gasteiger partial charge in [-0.3, -0.25) is 9.36 Å². The van der Waals surface area contributed by atoms with Crippen LogP contribution in [-0.4, -0.2) is 25.4 Å². The number of nitrogens with zero attached hydrogens (tertiary/aromatic N) is 3. The van der Waals surface area contributed by atoms with Crippen molar-refractivity contribution in [1.29, 1.82) is 0 Å². The number of aromatic nitrogens is 3. The van der Waals surface area contributed by atoms with E-state index in [1.54, 1.807) is 42.5 Å². The molecule has 7 nitrogen and oxygen atoms in total. The van der Waals surface area contributed by atoms with Crippen LogP contribution in [0.2, 0.25) is 0 Å². The number of carboxylic acids is 1. The van der Waals surface area contributed by atoms with Crippen molar-refractivity contribution in [3.63, 3.8) is 0 Å². The molecule has 3 rings (SSSR count). The lowest BCUT2D eigenvalue weighted by Crippen LogP contribution is -2.44. The zero-order valence-electron chi connectivity index (χ0n) is 13.4. The van der Waals surface area contributed by atoms with Gasteiger partial charge in [-0.05, 0) is 24.6 Å². The highest BCUT2D eigenvalue weighted by Gasteiger charge is 2.19. The number of hydrogen-bond acceptors (Lipinski definition) is 4. The van der Waals surface area contributed by atoms with Crippen LogP contribution in [0.4, 0.5) is 0 Å². The molecule has 0 amide bonds. The summed E-state index contributed by atoms with van der Waals surface area (Å²) in [5, 5.41) is 13.0. The molecular weight excluding hydrogens is 322 g/mol. The number of aromatic carboxylic acids is 1. The summed E-state index contributed by atoms with van der Waals surface area (Å²) in [6.07, 6.45) is 0. The van der Waals surface area contributed by atoms with Gasteiger partial charge in [-0.2, -0.15) is 9.78 Å². The quantitative estimate of drug-likeness (QED) is 0.777. The lowest BCUT2D eigenvalue weighted by molar-refractivity contribution is 0.0684. The summed E-state index contributed by atoms with van der Waals surface area (Å²) >= 11 is 0. The molecule has 0 aliphatic rings. The fourth-order valence-electron chi connectivity index (χ4n) is 2.40. The molecule has 0 spiro atoms. The van der Waals surface area contributed by atoms with Crippen LogP contribution >= 0.6 is 0 Å². The van der Waals surface area contributed by atoms with Crippen molar-refractivity contribution < 1.29 is 9.90 Å². The van der Waals surface area contributed by atoms with Crippen LogP contribution in [0.15, 0.2) is 64.2 Å². The van der Waals surface area contributed by atoms with E-state index in [1.165, 1.54) is 0 Å². The first-order valence-corrected chi connectivity index (χ1v) is 7.56. The first-order valence-electron chi connectivity index (χ1n) is 7.56. The molecular formula is C18H15N3O4. The molecule has 0 aliphatic carbocycles. The third-order valence-electron chi connectivity index (χ3n) is 3.72. The maximum absolute atomic E-state index is 12.7. The Hall–Kier alpha value is -3.48. The maximum atomic E-state index is 12.7. The molecule has 1 heterocycles. The van der Waals surface area contributed by atoms with Crippen molar-refractivity contribution in [3.8, 4) is 5.69 Å². The molecule has 0 atom stereocenters. The van der Waals surface area contributed by atoms with Crippen molar-refractivity contribution in [1.82, 2.24) is 14.3 Å². The van der Waals surface area contributed by atoms with E-state index in [0.717, 1.165) is 14.8 Å². The van der Waals surface area contributed by atoms with Gasteiger partial charge in [0, 0.05) is 0 Å². The second-order valence-corrected chi connectivity index (χ2v) is 5.56. The minimum Gasteiger partial charge on any atom is -0.476 e. The SMILES string of the molecule is Cc1ccc(Cn2c(=O)c(C(=O)O)nn(-c3ccccc3)c2=O)cc1. The summed E-state index contributed by atoms with van der Waals surface area (Å²) in [6.45, 7) is 1.89. The van der Waals surface area contributed by atoms with E-state index in [1.807, 2.05) is 19.1 Å². The number of aryl methyl sites for hydroxylation is 1. The van der Waals surface area contributed by atoms with Crippen molar-refractivity contribution in [3.05, 3.63) is 92.3 Å². The number of carbonyl (C=O) groups is 1. The lowest BCUT2D eigenvalue weighted by atomic mass is 10.1. The standard InChI is InChI=1S/C18H15N3O4/c1-12-7-9-13(10-8-12)11-20-16(22)15(17(23)24)19-21(18(20)25)14-5-3-2-4-6-14/h2-10H,11H2,1H3,(H,23,24). The van der Waals surface area contributed by atoms with E-state index in [9.17, 15) is 19.5 Å². The Morgan fingerprint density at radius 1 is 1.04 bits per heavy atom. The zero-order chi connectivity index (χ0) is 18.0. The predicted octanol–water partition coefficient (Wildman–Crippen LogP) is 1.45. The predicted molar refractivity (Wildman–Crippen MR) is 91.3 cm³/mol. The van der Waals surface area contributed by atoms with Crippen LogP contribution in [0.3, 0.4) is 0 Å². The summed E-state index contributed by atoms with van der Waals surface area (Å²) in [7, 11) is 0.